The van der Waals surface area contributed by atoms with Gasteiger partial charge in [0.1, 0.15) is 0 Å². The predicted octanol–water partition coefficient (Wildman–Crippen LogP) is 3.69. The second kappa shape index (κ2) is 6.36. The zero-order chi connectivity index (χ0) is 17.4. The minimum absolute atomic E-state index is 0.0408. The summed E-state index contributed by atoms with van der Waals surface area (Å²) in [5.74, 6) is 0.220. The monoisotopic (exact) mass is 326 g/mol. The minimum atomic E-state index is -0.253. The molecule has 1 fully saturated rings. The Kier molecular flexibility index (Phi) is 4.56. The van der Waals surface area contributed by atoms with Crippen LogP contribution in [0.5, 0.6) is 0 Å². The topological polar surface area (TPSA) is 55.1 Å². The maximum atomic E-state index is 12.8. The van der Waals surface area contributed by atoms with Gasteiger partial charge >= 0.3 is 0 Å². The number of nitrogens with two attached hydrogens (primary N) is 1. The number of allylic oxidation sites excluding steroid dienone is 2. The molecule has 3 N–H and O–H groups in total. The lowest BCUT2D eigenvalue weighted by Crippen LogP contribution is -2.58. The number of carbonyl (C=O) groups is 1. The van der Waals surface area contributed by atoms with Crippen molar-refractivity contribution in [2.45, 2.75) is 64.3 Å². The molecule has 2 aliphatic rings. The molecule has 1 aromatic rings. The van der Waals surface area contributed by atoms with Gasteiger partial charge in [0.15, 0.2) is 0 Å². The third-order valence-corrected chi connectivity index (χ3v) is 6.37. The van der Waals surface area contributed by atoms with Gasteiger partial charge in [-0.3, -0.25) is 4.79 Å². The van der Waals surface area contributed by atoms with Crippen LogP contribution in [0.1, 0.15) is 58.4 Å². The molecule has 1 amide bonds. The molecule has 1 unspecified atom stereocenters. The molecule has 1 saturated carbocycles. The first-order valence-corrected chi connectivity index (χ1v) is 9.10. The largest absolute Gasteiger partial charge is 0.353 e. The molecule has 0 heterocycles. The molecule has 1 aromatic carbocycles. The van der Waals surface area contributed by atoms with Crippen LogP contribution in [0, 0.1) is 5.41 Å². The lowest BCUT2D eigenvalue weighted by Gasteiger charge is -2.49. The molecule has 3 heteroatoms. The maximum absolute atomic E-state index is 12.8. The molecule has 2 aliphatic carbocycles. The quantitative estimate of drug-likeness (QED) is 0.829. The molecule has 24 heavy (non-hydrogen) atoms. The van der Waals surface area contributed by atoms with E-state index in [1.165, 1.54) is 16.7 Å². The first-order chi connectivity index (χ1) is 11.4. The van der Waals surface area contributed by atoms with Crippen molar-refractivity contribution in [1.82, 2.24) is 5.32 Å². The standard InChI is InChI=1S/C21H30N2O/c1-15-9-10-20(3,11-16(15)2)19(24)23-18-12-21(13-18,14-22)17-7-5-4-6-8-17/h4-8,18H,9-14,22H2,1-3H3,(H,23,24). The van der Waals surface area contributed by atoms with Crippen molar-refractivity contribution in [2.24, 2.45) is 11.1 Å². The van der Waals surface area contributed by atoms with Gasteiger partial charge in [-0.15, -0.1) is 0 Å². The summed E-state index contributed by atoms with van der Waals surface area (Å²) in [5, 5.41) is 3.30. The molecule has 0 saturated heterocycles. The summed E-state index contributed by atoms with van der Waals surface area (Å²) in [6.07, 6.45) is 4.77. The molecule has 130 valence electrons. The summed E-state index contributed by atoms with van der Waals surface area (Å²) in [6.45, 7) is 7.11. The van der Waals surface area contributed by atoms with E-state index in [1.54, 1.807) is 0 Å². The van der Waals surface area contributed by atoms with E-state index in [2.05, 4.69) is 50.4 Å². The number of amides is 1. The molecular weight excluding hydrogens is 296 g/mol. The van der Waals surface area contributed by atoms with Crippen molar-refractivity contribution in [3.05, 3.63) is 47.0 Å². The first kappa shape index (κ1) is 17.2. The van der Waals surface area contributed by atoms with Crippen LogP contribution < -0.4 is 11.1 Å². The molecule has 0 bridgehead atoms. The SMILES string of the molecule is CC1=C(C)CC(C)(C(=O)NC2CC(CN)(c3ccccc3)C2)CC1. The first-order valence-electron chi connectivity index (χ1n) is 9.10. The van der Waals surface area contributed by atoms with Gasteiger partial charge in [-0.05, 0) is 51.5 Å². The second-order valence-electron chi connectivity index (χ2n) is 8.23. The third kappa shape index (κ3) is 3.02. The number of carbonyl (C=O) groups excluding carboxylic acids is 1. The molecule has 0 aromatic heterocycles. The highest BCUT2D eigenvalue weighted by atomic mass is 16.2. The van der Waals surface area contributed by atoms with Crippen LogP contribution in [0.15, 0.2) is 41.5 Å². The van der Waals surface area contributed by atoms with Gasteiger partial charge in [0.2, 0.25) is 5.91 Å². The van der Waals surface area contributed by atoms with Crippen LogP contribution in [0.2, 0.25) is 0 Å². The van der Waals surface area contributed by atoms with E-state index in [4.69, 9.17) is 5.73 Å². The van der Waals surface area contributed by atoms with Gasteiger partial charge in [-0.25, -0.2) is 0 Å². The maximum Gasteiger partial charge on any atom is 0.226 e. The summed E-state index contributed by atoms with van der Waals surface area (Å²) in [5.41, 5.74) is 10.0. The lowest BCUT2D eigenvalue weighted by molar-refractivity contribution is -0.132. The van der Waals surface area contributed by atoms with Gasteiger partial charge in [0.05, 0.1) is 5.41 Å². The van der Waals surface area contributed by atoms with Gasteiger partial charge in [-0.1, -0.05) is 48.4 Å². The number of nitrogens with one attached hydrogen (secondary N) is 1. The fraction of sp³-hybridized carbons (Fsp3) is 0.571. The molecule has 3 rings (SSSR count). The van der Waals surface area contributed by atoms with Crippen molar-refractivity contribution in [2.75, 3.05) is 6.54 Å². The normalized spacial score (nSPS) is 33.1. The fourth-order valence-corrected chi connectivity index (χ4v) is 4.35. The van der Waals surface area contributed by atoms with E-state index in [0.29, 0.717) is 6.54 Å². The lowest BCUT2D eigenvalue weighted by atomic mass is 9.61. The Balaban J connectivity index is 1.62. The van der Waals surface area contributed by atoms with Crippen LogP contribution >= 0.6 is 0 Å². The Bertz CT molecular complexity index is 643. The molecule has 0 aliphatic heterocycles. The van der Waals surface area contributed by atoms with Crippen LogP contribution in [-0.4, -0.2) is 18.5 Å². The van der Waals surface area contributed by atoms with E-state index in [1.807, 2.05) is 6.07 Å². The summed E-state index contributed by atoms with van der Waals surface area (Å²) in [4.78, 5) is 12.8. The zero-order valence-corrected chi connectivity index (χ0v) is 15.2. The van der Waals surface area contributed by atoms with Crippen LogP contribution in [-0.2, 0) is 10.2 Å². The summed E-state index contributed by atoms with van der Waals surface area (Å²) in [7, 11) is 0. The van der Waals surface area contributed by atoms with Crippen molar-refractivity contribution >= 4 is 5.91 Å². The van der Waals surface area contributed by atoms with Crippen LogP contribution in [0.4, 0.5) is 0 Å². The predicted molar refractivity (Wildman–Crippen MR) is 98.7 cm³/mol. The third-order valence-electron chi connectivity index (χ3n) is 6.37. The highest BCUT2D eigenvalue weighted by Gasteiger charge is 2.46. The number of benzene rings is 1. The Hall–Kier alpha value is -1.61. The number of hydrogen-bond acceptors (Lipinski definition) is 2. The van der Waals surface area contributed by atoms with Crippen molar-refractivity contribution < 1.29 is 4.79 Å². The minimum Gasteiger partial charge on any atom is -0.353 e. The smallest absolute Gasteiger partial charge is 0.226 e. The van der Waals surface area contributed by atoms with E-state index in [-0.39, 0.29) is 22.8 Å². The average Bonchev–Trinajstić information content (AvgIpc) is 2.55. The Morgan fingerprint density at radius 2 is 1.88 bits per heavy atom. The van der Waals surface area contributed by atoms with E-state index < -0.39 is 0 Å². The Labute approximate surface area is 145 Å². The highest BCUT2D eigenvalue weighted by molar-refractivity contribution is 5.83. The molecule has 1 atom stereocenters. The Morgan fingerprint density at radius 3 is 2.46 bits per heavy atom. The zero-order valence-electron chi connectivity index (χ0n) is 15.2. The molecule has 0 spiro atoms. The molecular formula is C21H30N2O. The second-order valence-corrected chi connectivity index (χ2v) is 8.23. The van der Waals surface area contributed by atoms with E-state index in [9.17, 15) is 4.79 Å². The fourth-order valence-electron chi connectivity index (χ4n) is 4.35. The summed E-state index contributed by atoms with van der Waals surface area (Å²) in [6, 6.07) is 10.7. The number of rotatable bonds is 4. The van der Waals surface area contributed by atoms with Gasteiger partial charge < -0.3 is 11.1 Å². The molecule has 0 radical (unpaired) electrons. The van der Waals surface area contributed by atoms with Gasteiger partial charge in [-0.2, -0.15) is 0 Å². The highest BCUT2D eigenvalue weighted by Crippen LogP contribution is 2.44. The van der Waals surface area contributed by atoms with E-state index >= 15 is 0 Å². The van der Waals surface area contributed by atoms with Crippen LogP contribution in [0.25, 0.3) is 0 Å². The van der Waals surface area contributed by atoms with Crippen molar-refractivity contribution in [3.63, 3.8) is 0 Å². The van der Waals surface area contributed by atoms with Crippen molar-refractivity contribution in [1.29, 1.82) is 0 Å². The van der Waals surface area contributed by atoms with Crippen LogP contribution in [0.3, 0.4) is 0 Å². The van der Waals surface area contributed by atoms with E-state index in [0.717, 1.165) is 32.1 Å². The van der Waals surface area contributed by atoms with Crippen molar-refractivity contribution in [3.8, 4) is 0 Å². The number of hydrogen-bond donors (Lipinski definition) is 2. The molecule has 3 nitrogen and oxygen atoms in total. The Morgan fingerprint density at radius 1 is 1.21 bits per heavy atom. The van der Waals surface area contributed by atoms with Gasteiger partial charge in [0.25, 0.3) is 0 Å². The summed E-state index contributed by atoms with van der Waals surface area (Å²) >= 11 is 0. The average molecular weight is 326 g/mol. The summed E-state index contributed by atoms with van der Waals surface area (Å²) < 4.78 is 0. The van der Waals surface area contributed by atoms with Gasteiger partial charge in [0, 0.05) is 18.0 Å².